The summed E-state index contributed by atoms with van der Waals surface area (Å²) in [4.78, 5) is 0. The number of nitrogen functional groups attached to an aromatic ring is 2. The molecule has 5 heteroatoms. The molecule has 58 valence electrons. The summed E-state index contributed by atoms with van der Waals surface area (Å²) in [6, 6.07) is 3.00. The second kappa shape index (κ2) is 2.45. The maximum Gasteiger partial charge on any atom is 0.169 e. The lowest BCUT2D eigenvalue weighted by molar-refractivity contribution is 0.545. The highest BCUT2D eigenvalue weighted by Crippen LogP contribution is 2.05. The Morgan fingerprint density at radius 2 is 1.45 bits per heavy atom. The summed E-state index contributed by atoms with van der Waals surface area (Å²) >= 11 is 0. The molecule has 6 N–H and O–H groups in total. The van der Waals surface area contributed by atoms with Crippen LogP contribution in [0.3, 0.4) is 0 Å². The van der Waals surface area contributed by atoms with Gasteiger partial charge in [0, 0.05) is 0 Å². The molecule has 0 unspecified atom stereocenters. The van der Waals surface area contributed by atoms with E-state index in [9.17, 15) is 0 Å². The first kappa shape index (κ1) is 7.33. The predicted octanol–water partition coefficient (Wildman–Crippen LogP) is -0.152. The Labute approximate surface area is 63.0 Å². The largest absolute Gasteiger partial charge is 0.450 e. The minimum Gasteiger partial charge on any atom is -0.450 e. The molecule has 1 aromatic rings. The van der Waals surface area contributed by atoms with E-state index >= 15 is 0 Å². The van der Waals surface area contributed by atoms with Crippen LogP contribution in [0.4, 0.5) is 0 Å². The van der Waals surface area contributed by atoms with Gasteiger partial charge < -0.3 is 15.9 Å². The second-order valence-electron chi connectivity index (χ2n) is 1.99. The summed E-state index contributed by atoms with van der Waals surface area (Å²) in [5.41, 5.74) is 10.2. The number of hydrogen-bond donors (Lipinski definition) is 4. The molecule has 0 aliphatic rings. The lowest BCUT2D eigenvalue weighted by Crippen LogP contribution is -2.11. The third kappa shape index (κ3) is 1.37. The minimum atomic E-state index is -0.169. The van der Waals surface area contributed by atoms with Gasteiger partial charge in [0.25, 0.3) is 0 Å². The third-order valence-electron chi connectivity index (χ3n) is 1.14. The Balaban J connectivity index is 2.99. The summed E-state index contributed by atoms with van der Waals surface area (Å²) in [7, 11) is 0. The van der Waals surface area contributed by atoms with Crippen LogP contribution in [0.25, 0.3) is 0 Å². The molecule has 0 bridgehead atoms. The number of amidine groups is 2. The number of furan rings is 1. The van der Waals surface area contributed by atoms with E-state index < -0.39 is 0 Å². The molecule has 11 heavy (non-hydrogen) atoms. The van der Waals surface area contributed by atoms with E-state index in [0.717, 1.165) is 0 Å². The van der Waals surface area contributed by atoms with E-state index in [1.165, 1.54) is 12.1 Å². The van der Waals surface area contributed by atoms with Gasteiger partial charge in [0.05, 0.1) is 0 Å². The van der Waals surface area contributed by atoms with Crippen molar-refractivity contribution in [2.75, 3.05) is 0 Å². The van der Waals surface area contributed by atoms with Gasteiger partial charge in [-0.05, 0) is 12.1 Å². The van der Waals surface area contributed by atoms with Gasteiger partial charge in [-0.3, -0.25) is 10.8 Å². The normalized spacial score (nSPS) is 9.45. The molecule has 0 aromatic carbocycles. The molecule has 0 atom stereocenters. The molecular formula is C6H8N4O. The highest BCUT2D eigenvalue weighted by atomic mass is 16.3. The van der Waals surface area contributed by atoms with Crippen LogP contribution in [-0.2, 0) is 0 Å². The van der Waals surface area contributed by atoms with E-state index in [1.807, 2.05) is 0 Å². The van der Waals surface area contributed by atoms with Gasteiger partial charge in [0.15, 0.2) is 23.2 Å². The Hall–Kier alpha value is -1.78. The quantitative estimate of drug-likeness (QED) is 0.349. The summed E-state index contributed by atoms with van der Waals surface area (Å²) in [5, 5.41) is 13.9. The van der Waals surface area contributed by atoms with Crippen molar-refractivity contribution in [3.05, 3.63) is 23.7 Å². The number of nitrogens with one attached hydrogen (secondary N) is 2. The van der Waals surface area contributed by atoms with Crippen LogP contribution in [0.5, 0.6) is 0 Å². The van der Waals surface area contributed by atoms with Crippen LogP contribution >= 0.6 is 0 Å². The van der Waals surface area contributed by atoms with Crippen molar-refractivity contribution >= 4 is 11.7 Å². The van der Waals surface area contributed by atoms with Crippen LogP contribution in [0.2, 0.25) is 0 Å². The van der Waals surface area contributed by atoms with E-state index in [0.29, 0.717) is 0 Å². The molecule has 1 aromatic heterocycles. The molecule has 0 aliphatic carbocycles. The lowest BCUT2D eigenvalue weighted by Gasteiger charge is -1.90. The highest BCUT2D eigenvalue weighted by Gasteiger charge is 2.05. The molecule has 0 amide bonds. The molecule has 0 aliphatic heterocycles. The monoisotopic (exact) mass is 152 g/mol. The van der Waals surface area contributed by atoms with Gasteiger partial charge in [-0.2, -0.15) is 0 Å². The Morgan fingerprint density at radius 3 is 1.64 bits per heavy atom. The molecule has 0 spiro atoms. The molecule has 5 nitrogen and oxygen atoms in total. The lowest BCUT2D eigenvalue weighted by atomic mass is 10.4. The summed E-state index contributed by atoms with van der Waals surface area (Å²) in [6.07, 6.45) is 0. The fourth-order valence-electron chi connectivity index (χ4n) is 0.627. The van der Waals surface area contributed by atoms with Crippen LogP contribution in [0, 0.1) is 10.8 Å². The van der Waals surface area contributed by atoms with Gasteiger partial charge in [-0.25, -0.2) is 0 Å². The zero-order valence-electron chi connectivity index (χ0n) is 5.72. The van der Waals surface area contributed by atoms with Gasteiger partial charge in [-0.1, -0.05) is 0 Å². The number of rotatable bonds is 2. The van der Waals surface area contributed by atoms with Crippen molar-refractivity contribution in [2.45, 2.75) is 0 Å². The molecule has 1 rings (SSSR count). The van der Waals surface area contributed by atoms with Crippen LogP contribution in [0.1, 0.15) is 11.5 Å². The first-order valence-electron chi connectivity index (χ1n) is 2.90. The fourth-order valence-corrected chi connectivity index (χ4v) is 0.627. The minimum absolute atomic E-state index is 0.169. The Bertz CT molecular complexity index is 273. The smallest absolute Gasteiger partial charge is 0.169 e. The van der Waals surface area contributed by atoms with E-state index in [1.54, 1.807) is 0 Å². The first-order chi connectivity index (χ1) is 5.11. The van der Waals surface area contributed by atoms with Gasteiger partial charge in [0.2, 0.25) is 0 Å². The summed E-state index contributed by atoms with van der Waals surface area (Å²) in [5.74, 6) is 0.125. The second-order valence-corrected chi connectivity index (χ2v) is 1.99. The zero-order chi connectivity index (χ0) is 8.43. The van der Waals surface area contributed by atoms with E-state index in [-0.39, 0.29) is 23.2 Å². The molecule has 0 saturated heterocycles. The summed E-state index contributed by atoms with van der Waals surface area (Å²) in [6.45, 7) is 0. The van der Waals surface area contributed by atoms with Crippen molar-refractivity contribution in [3.63, 3.8) is 0 Å². The van der Waals surface area contributed by atoms with E-state index in [4.69, 9.17) is 26.7 Å². The average Bonchev–Trinajstić information content (AvgIpc) is 2.33. The summed E-state index contributed by atoms with van der Waals surface area (Å²) < 4.78 is 4.91. The molecular weight excluding hydrogens is 144 g/mol. The standard InChI is InChI=1S/C6H8N4O/c7-5(8)3-1-2-4(11-3)6(9)10/h1-2H,(H3,7,8)(H3,9,10). The average molecular weight is 152 g/mol. The van der Waals surface area contributed by atoms with Crippen molar-refractivity contribution in [1.82, 2.24) is 0 Å². The maximum absolute atomic E-state index is 6.96. The number of hydrogen-bond acceptors (Lipinski definition) is 3. The van der Waals surface area contributed by atoms with Crippen molar-refractivity contribution in [2.24, 2.45) is 11.5 Å². The molecule has 0 radical (unpaired) electrons. The SMILES string of the molecule is N=C(N)c1ccc(C(=N)N)o1. The Kier molecular flexibility index (Phi) is 1.63. The first-order valence-corrected chi connectivity index (χ1v) is 2.90. The Morgan fingerprint density at radius 1 is 1.09 bits per heavy atom. The van der Waals surface area contributed by atoms with Gasteiger partial charge >= 0.3 is 0 Å². The van der Waals surface area contributed by atoms with E-state index in [2.05, 4.69) is 0 Å². The van der Waals surface area contributed by atoms with Crippen molar-refractivity contribution < 1.29 is 4.42 Å². The fraction of sp³-hybridized carbons (Fsp3) is 0. The van der Waals surface area contributed by atoms with Gasteiger partial charge in [0.1, 0.15) is 0 Å². The topological polar surface area (TPSA) is 113 Å². The molecule has 1 heterocycles. The molecule has 0 saturated carbocycles. The van der Waals surface area contributed by atoms with Crippen LogP contribution < -0.4 is 11.5 Å². The van der Waals surface area contributed by atoms with Crippen molar-refractivity contribution in [3.8, 4) is 0 Å². The van der Waals surface area contributed by atoms with Gasteiger partial charge in [-0.15, -0.1) is 0 Å². The van der Waals surface area contributed by atoms with Crippen LogP contribution in [-0.4, -0.2) is 11.7 Å². The molecule has 0 fully saturated rings. The van der Waals surface area contributed by atoms with Crippen molar-refractivity contribution in [1.29, 1.82) is 10.8 Å². The predicted molar refractivity (Wildman–Crippen MR) is 40.7 cm³/mol. The third-order valence-corrected chi connectivity index (χ3v) is 1.14. The van der Waals surface area contributed by atoms with Crippen LogP contribution in [0.15, 0.2) is 16.5 Å². The number of nitrogens with two attached hydrogens (primary N) is 2. The maximum atomic E-state index is 6.96. The highest BCUT2D eigenvalue weighted by molar-refractivity contribution is 5.96. The zero-order valence-corrected chi connectivity index (χ0v) is 5.72.